The largest absolute Gasteiger partial charge is 0.445 e. The molecule has 0 aliphatic carbocycles. The molecule has 1 amide bonds. The summed E-state index contributed by atoms with van der Waals surface area (Å²) in [5.41, 5.74) is 0.626. The predicted molar refractivity (Wildman–Crippen MR) is 78.3 cm³/mol. The van der Waals surface area contributed by atoms with Crippen LogP contribution in [0.4, 0.5) is 4.79 Å². The number of aldehydes is 1. The number of rotatable bonds is 5. The van der Waals surface area contributed by atoms with Crippen LogP contribution in [-0.2, 0) is 30.3 Å². The molecular weight excluding hydrogens is 302 g/mol. The molecule has 0 unspecified atom stereocenters. The third-order valence-electron chi connectivity index (χ3n) is 3.87. The molecule has 0 radical (unpaired) electrons. The second-order valence-electron chi connectivity index (χ2n) is 6.10. The van der Waals surface area contributed by atoms with Gasteiger partial charge in [0.1, 0.15) is 6.61 Å². The van der Waals surface area contributed by atoms with Crippen molar-refractivity contribution in [3.63, 3.8) is 0 Å². The van der Waals surface area contributed by atoms with Crippen LogP contribution in [0.1, 0.15) is 12.5 Å². The van der Waals surface area contributed by atoms with Crippen LogP contribution >= 0.6 is 0 Å². The Morgan fingerprint density at radius 3 is 2.43 bits per heavy atom. The van der Waals surface area contributed by atoms with E-state index in [4.69, 9.17) is 18.9 Å². The molecule has 3 aliphatic heterocycles. The van der Waals surface area contributed by atoms with Crippen molar-refractivity contribution >= 4 is 12.4 Å². The molecule has 3 heterocycles. The summed E-state index contributed by atoms with van der Waals surface area (Å²) in [6.07, 6.45) is -0.215. The molecule has 0 spiro atoms. The van der Waals surface area contributed by atoms with Crippen LogP contribution < -0.4 is 5.32 Å². The molecular formula is C16H19NO6. The molecule has 3 aliphatic rings. The molecule has 7 nitrogen and oxygen atoms in total. The lowest BCUT2D eigenvalue weighted by atomic mass is 9.91. The van der Waals surface area contributed by atoms with Crippen molar-refractivity contribution in [1.29, 1.82) is 0 Å². The fraction of sp³-hybridized carbons (Fsp3) is 0.500. The number of ether oxygens (including phenoxy) is 4. The van der Waals surface area contributed by atoms with E-state index in [9.17, 15) is 9.59 Å². The Kier molecular flexibility index (Phi) is 4.34. The molecule has 7 heteroatoms. The van der Waals surface area contributed by atoms with E-state index in [1.54, 1.807) is 0 Å². The fourth-order valence-electron chi connectivity index (χ4n) is 2.44. The second kappa shape index (κ2) is 6.27. The van der Waals surface area contributed by atoms with Crippen LogP contribution in [0.3, 0.4) is 0 Å². The zero-order valence-corrected chi connectivity index (χ0v) is 12.8. The van der Waals surface area contributed by atoms with Crippen molar-refractivity contribution in [2.45, 2.75) is 25.5 Å². The van der Waals surface area contributed by atoms with Gasteiger partial charge in [0.05, 0.1) is 19.8 Å². The molecule has 0 aromatic heterocycles. The fourth-order valence-corrected chi connectivity index (χ4v) is 2.44. The van der Waals surface area contributed by atoms with Crippen molar-refractivity contribution in [3.05, 3.63) is 35.9 Å². The van der Waals surface area contributed by atoms with Gasteiger partial charge in [0.15, 0.2) is 12.3 Å². The van der Waals surface area contributed by atoms with Crippen LogP contribution in [0.5, 0.6) is 0 Å². The van der Waals surface area contributed by atoms with Crippen molar-refractivity contribution in [3.8, 4) is 0 Å². The highest BCUT2D eigenvalue weighted by atomic mass is 16.9. The summed E-state index contributed by atoms with van der Waals surface area (Å²) < 4.78 is 21.7. The van der Waals surface area contributed by atoms with Crippen LogP contribution in [-0.4, -0.2) is 44.2 Å². The number of hydrogen-bond acceptors (Lipinski definition) is 6. The van der Waals surface area contributed by atoms with Crippen molar-refractivity contribution in [2.75, 3.05) is 19.8 Å². The summed E-state index contributed by atoms with van der Waals surface area (Å²) in [6.45, 7) is 3.27. The van der Waals surface area contributed by atoms with Crippen LogP contribution in [0.2, 0.25) is 0 Å². The maximum Gasteiger partial charge on any atom is 0.408 e. The smallest absolute Gasteiger partial charge is 0.408 e. The van der Waals surface area contributed by atoms with E-state index in [1.807, 2.05) is 37.3 Å². The highest BCUT2D eigenvalue weighted by Crippen LogP contribution is 2.39. The standard InChI is InChI=1S/C16H19NO6/c1-15-9-21-16(22-10-15,23-11-15)13(7-18)17-14(19)20-8-12-5-3-2-4-6-12/h2-7,13H,8-11H2,1H3,(H,17,19)/t13-,15?,16?/m1/s1. The summed E-state index contributed by atoms with van der Waals surface area (Å²) in [7, 11) is 0. The van der Waals surface area contributed by atoms with E-state index in [0.29, 0.717) is 26.1 Å². The minimum Gasteiger partial charge on any atom is -0.445 e. The molecule has 124 valence electrons. The summed E-state index contributed by atoms with van der Waals surface area (Å²) in [4.78, 5) is 23.3. The predicted octanol–water partition coefficient (Wildman–Crippen LogP) is 1.22. The van der Waals surface area contributed by atoms with E-state index in [-0.39, 0.29) is 12.0 Å². The molecule has 1 aromatic carbocycles. The third kappa shape index (κ3) is 3.36. The molecule has 23 heavy (non-hydrogen) atoms. The summed E-state index contributed by atoms with van der Waals surface area (Å²) in [5.74, 6) is -1.56. The molecule has 2 bridgehead atoms. The number of amides is 1. The van der Waals surface area contributed by atoms with Crippen molar-refractivity contribution in [2.24, 2.45) is 5.41 Å². The monoisotopic (exact) mass is 321 g/mol. The number of benzene rings is 1. The summed E-state index contributed by atoms with van der Waals surface area (Å²) in [6, 6.07) is 8.14. The lowest BCUT2D eigenvalue weighted by molar-refractivity contribution is -0.468. The van der Waals surface area contributed by atoms with E-state index in [2.05, 4.69) is 5.32 Å². The minimum atomic E-state index is -1.56. The first-order valence-corrected chi connectivity index (χ1v) is 7.40. The second-order valence-corrected chi connectivity index (χ2v) is 6.10. The van der Waals surface area contributed by atoms with Crippen LogP contribution in [0.25, 0.3) is 0 Å². The van der Waals surface area contributed by atoms with E-state index in [1.165, 1.54) is 0 Å². The van der Waals surface area contributed by atoms with E-state index < -0.39 is 18.1 Å². The Morgan fingerprint density at radius 2 is 1.87 bits per heavy atom. The first kappa shape index (κ1) is 15.9. The van der Waals surface area contributed by atoms with E-state index >= 15 is 0 Å². The SMILES string of the molecule is CC12COC([C@@H](C=O)NC(=O)OCc3ccccc3)(OC1)OC2. The molecule has 1 aromatic rings. The number of fused-ring (bicyclic) bond motifs is 3. The zero-order valence-electron chi connectivity index (χ0n) is 12.8. The van der Waals surface area contributed by atoms with Crippen molar-refractivity contribution < 1.29 is 28.5 Å². The maximum atomic E-state index is 11.9. The number of hydrogen-bond donors (Lipinski definition) is 1. The average molecular weight is 321 g/mol. The zero-order chi connectivity index (χ0) is 16.3. The molecule has 3 saturated heterocycles. The molecule has 4 rings (SSSR count). The van der Waals surface area contributed by atoms with Gasteiger partial charge in [0, 0.05) is 5.41 Å². The topological polar surface area (TPSA) is 83.1 Å². The van der Waals surface area contributed by atoms with Gasteiger partial charge in [0.2, 0.25) is 0 Å². The maximum absolute atomic E-state index is 11.9. The minimum absolute atomic E-state index is 0.103. The lowest BCUT2D eigenvalue weighted by Gasteiger charge is -2.51. The van der Waals surface area contributed by atoms with Gasteiger partial charge >= 0.3 is 12.1 Å². The molecule has 3 fully saturated rings. The summed E-state index contributed by atoms with van der Waals surface area (Å²) >= 11 is 0. The lowest BCUT2D eigenvalue weighted by Crippen LogP contribution is -2.67. The Balaban J connectivity index is 1.57. The van der Waals surface area contributed by atoms with Gasteiger partial charge in [-0.3, -0.25) is 0 Å². The van der Waals surface area contributed by atoms with Gasteiger partial charge in [-0.1, -0.05) is 37.3 Å². The number of alkyl carbamates (subject to hydrolysis) is 1. The Labute approximate surface area is 133 Å². The highest BCUT2D eigenvalue weighted by molar-refractivity contribution is 5.73. The van der Waals surface area contributed by atoms with Gasteiger partial charge in [-0.25, -0.2) is 4.79 Å². The highest BCUT2D eigenvalue weighted by Gasteiger charge is 2.55. The number of carbonyl (C=O) groups is 2. The van der Waals surface area contributed by atoms with Crippen LogP contribution in [0, 0.1) is 5.41 Å². The van der Waals surface area contributed by atoms with E-state index in [0.717, 1.165) is 5.56 Å². The third-order valence-corrected chi connectivity index (χ3v) is 3.87. The molecule has 1 N–H and O–H groups in total. The first-order chi connectivity index (χ1) is 11.1. The first-order valence-electron chi connectivity index (χ1n) is 7.40. The Bertz CT molecular complexity index is 551. The Morgan fingerprint density at radius 1 is 1.26 bits per heavy atom. The molecule has 1 atom stereocenters. The van der Waals surface area contributed by atoms with Gasteiger partial charge in [-0.05, 0) is 5.56 Å². The average Bonchev–Trinajstić information content (AvgIpc) is 2.60. The Hall–Kier alpha value is -1.96. The van der Waals surface area contributed by atoms with Crippen LogP contribution in [0.15, 0.2) is 30.3 Å². The van der Waals surface area contributed by atoms with Gasteiger partial charge in [0.25, 0.3) is 0 Å². The van der Waals surface area contributed by atoms with Gasteiger partial charge in [-0.15, -0.1) is 0 Å². The van der Waals surface area contributed by atoms with Gasteiger partial charge < -0.3 is 29.1 Å². The molecule has 0 saturated carbocycles. The quantitative estimate of drug-likeness (QED) is 0.821. The number of nitrogens with one attached hydrogen (secondary N) is 1. The normalized spacial score (nSPS) is 30.5. The summed E-state index contributed by atoms with van der Waals surface area (Å²) in [5, 5.41) is 2.43. The number of carbonyl (C=O) groups excluding carboxylic acids is 2. The van der Waals surface area contributed by atoms with Gasteiger partial charge in [-0.2, -0.15) is 0 Å². The van der Waals surface area contributed by atoms with Crippen molar-refractivity contribution in [1.82, 2.24) is 5.32 Å².